The lowest BCUT2D eigenvalue weighted by Gasteiger charge is -2.61. The molecule has 1 saturated heterocycles. The van der Waals surface area contributed by atoms with Crippen LogP contribution in [0.3, 0.4) is 0 Å². The predicted molar refractivity (Wildman–Crippen MR) is 172 cm³/mol. The third kappa shape index (κ3) is 5.00. The van der Waals surface area contributed by atoms with Crippen LogP contribution in [0.5, 0.6) is 0 Å². The molecule has 1 aliphatic carbocycles. The highest BCUT2D eigenvalue weighted by Gasteiger charge is 2.59. The molecule has 3 bridgehead atoms. The number of aromatic amines is 1. The van der Waals surface area contributed by atoms with Gasteiger partial charge in [0.2, 0.25) is 0 Å². The summed E-state index contributed by atoms with van der Waals surface area (Å²) in [4.78, 5) is 6.33. The molecule has 5 atom stereocenters. The van der Waals surface area contributed by atoms with Crippen LogP contribution in [0.1, 0.15) is 70.6 Å². The number of hydroxylamine groups is 2. The minimum absolute atomic E-state index is 0.0553. The van der Waals surface area contributed by atoms with Crippen LogP contribution in [0.15, 0.2) is 60.2 Å². The molecular formula is C36H47N4O2-. The molecule has 0 radical (unpaired) electrons. The second-order valence-corrected chi connectivity index (χ2v) is 13.4. The molecule has 5 heterocycles. The van der Waals surface area contributed by atoms with Gasteiger partial charge in [-0.2, -0.15) is 0 Å². The Labute approximate surface area is 250 Å². The molecule has 1 spiro atoms. The zero-order valence-electron chi connectivity index (χ0n) is 25.0. The smallest absolute Gasteiger partial charge is 0.0995 e. The average Bonchev–Trinajstić information content (AvgIpc) is 3.34. The maximum Gasteiger partial charge on any atom is 0.0995 e. The topological polar surface area (TPSA) is 77.6 Å². The Balaban J connectivity index is 1.46. The van der Waals surface area contributed by atoms with E-state index < -0.39 is 5.60 Å². The van der Waals surface area contributed by atoms with Crippen LogP contribution in [0, 0.1) is 16.5 Å². The molecule has 5 aliphatic rings. The van der Waals surface area contributed by atoms with Gasteiger partial charge in [-0.3, -0.25) is 0 Å². The van der Waals surface area contributed by atoms with Crippen LogP contribution in [-0.2, 0) is 0 Å². The molecule has 0 saturated carbocycles. The van der Waals surface area contributed by atoms with E-state index in [4.69, 9.17) is 0 Å². The molecule has 1 aromatic carbocycles. The number of para-hydroxylation sites is 1. The number of hydrogen-bond donors (Lipinski definition) is 3. The van der Waals surface area contributed by atoms with Crippen molar-refractivity contribution in [1.82, 2.24) is 20.3 Å². The molecule has 6 heteroatoms. The van der Waals surface area contributed by atoms with Gasteiger partial charge in [0.15, 0.2) is 0 Å². The lowest BCUT2D eigenvalue weighted by atomic mass is 9.53. The standard InChI is InChI=1S/C36H47N4O2/c41-36-20-12-6-2-4-8-14-22-39-23-18-30(35(26-39)19-11-5-1-3-7-13-21-37-34(35)36)29(25-36)33-32-28(17-24-40(33)42)27-15-9-10-16-31(27)38-32/h1-2,5-6,9-10,15-17,25,30,34,37-38,41H,3-4,7-8,11-14,18-24,26H2/q-1. The summed E-state index contributed by atoms with van der Waals surface area (Å²) in [5.74, 6) is 0.199. The highest BCUT2D eigenvalue weighted by molar-refractivity contribution is 5.84. The second-order valence-electron chi connectivity index (χ2n) is 13.4. The van der Waals surface area contributed by atoms with Crippen LogP contribution < -0.4 is 15.9 Å². The molecule has 4 aliphatic heterocycles. The van der Waals surface area contributed by atoms with Crippen molar-refractivity contribution >= 4 is 22.7 Å². The summed E-state index contributed by atoms with van der Waals surface area (Å²) in [7, 11) is 0. The van der Waals surface area contributed by atoms with E-state index >= 15 is 0 Å². The number of allylic oxidation sites excluding steroid dienone is 4. The fraction of sp³-hybridized carbons (Fsp3) is 0.556. The largest absolute Gasteiger partial charge is 0.758 e. The number of fused-ring (bicyclic) bond motifs is 4. The monoisotopic (exact) mass is 567 g/mol. The van der Waals surface area contributed by atoms with Crippen molar-refractivity contribution in [2.45, 2.75) is 82.3 Å². The molecule has 0 amide bonds. The SMILES string of the molecule is [O-]N1CC=c2c([nH]c3ccccc23)=C1C1=CC2(O)CCC=CCCCCN3CCC1C1(CCC=CCCCCNC21)C3. The van der Waals surface area contributed by atoms with Gasteiger partial charge >= 0.3 is 0 Å². The van der Waals surface area contributed by atoms with Crippen LogP contribution in [0.2, 0.25) is 0 Å². The summed E-state index contributed by atoms with van der Waals surface area (Å²) in [5.41, 5.74) is 1.66. The number of aromatic nitrogens is 1. The minimum atomic E-state index is -1.05. The van der Waals surface area contributed by atoms with Gasteiger partial charge in [0.05, 0.1) is 16.6 Å². The van der Waals surface area contributed by atoms with Gasteiger partial charge in [-0.1, -0.05) is 48.6 Å². The normalized spacial score (nSPS) is 34.2. The molecule has 6 nitrogen and oxygen atoms in total. The van der Waals surface area contributed by atoms with Gasteiger partial charge in [0, 0.05) is 40.7 Å². The Kier molecular flexibility index (Phi) is 7.91. The average molecular weight is 568 g/mol. The number of aliphatic hydroxyl groups is 1. The molecule has 7 rings (SSSR count). The van der Waals surface area contributed by atoms with Crippen LogP contribution >= 0.6 is 0 Å². The number of nitrogens with zero attached hydrogens (tertiary/aromatic N) is 2. The van der Waals surface area contributed by atoms with Crippen LogP contribution in [-0.4, -0.2) is 64.4 Å². The maximum atomic E-state index is 13.9. The van der Waals surface area contributed by atoms with E-state index in [0.29, 0.717) is 13.0 Å². The third-order valence-corrected chi connectivity index (χ3v) is 10.8. The van der Waals surface area contributed by atoms with E-state index in [0.717, 1.165) is 104 Å². The van der Waals surface area contributed by atoms with Crippen LogP contribution in [0.4, 0.5) is 0 Å². The van der Waals surface area contributed by atoms with E-state index in [1.165, 1.54) is 24.3 Å². The number of rotatable bonds is 1. The van der Waals surface area contributed by atoms with Gasteiger partial charge in [-0.25, -0.2) is 0 Å². The number of nitrogens with one attached hydrogen (secondary N) is 2. The summed E-state index contributed by atoms with van der Waals surface area (Å²) >= 11 is 0. The zero-order chi connectivity index (χ0) is 28.6. The first-order chi connectivity index (χ1) is 20.6. The van der Waals surface area contributed by atoms with E-state index in [-0.39, 0.29) is 17.4 Å². The molecular weight excluding hydrogens is 520 g/mol. The Morgan fingerprint density at radius 3 is 2.57 bits per heavy atom. The zero-order valence-corrected chi connectivity index (χ0v) is 25.0. The van der Waals surface area contributed by atoms with Gasteiger partial charge in [0.25, 0.3) is 0 Å². The maximum absolute atomic E-state index is 13.9. The molecule has 224 valence electrons. The highest BCUT2D eigenvalue weighted by Crippen LogP contribution is 2.55. The number of hydrogen-bond acceptors (Lipinski definition) is 5. The Bertz CT molecular complexity index is 1500. The first-order valence-corrected chi connectivity index (χ1v) is 16.6. The quantitative estimate of drug-likeness (QED) is 0.430. The van der Waals surface area contributed by atoms with Crippen molar-refractivity contribution in [1.29, 1.82) is 0 Å². The third-order valence-electron chi connectivity index (χ3n) is 10.8. The number of benzene rings is 1. The summed E-state index contributed by atoms with van der Waals surface area (Å²) in [6, 6.07) is 8.32. The van der Waals surface area contributed by atoms with Gasteiger partial charge in [0.1, 0.15) is 0 Å². The highest BCUT2D eigenvalue weighted by atomic mass is 16.5. The molecule has 2 aromatic rings. The van der Waals surface area contributed by atoms with E-state index in [9.17, 15) is 10.3 Å². The fourth-order valence-corrected chi connectivity index (χ4v) is 8.94. The number of piperidine rings is 1. The van der Waals surface area contributed by atoms with Crippen molar-refractivity contribution in [3.8, 4) is 0 Å². The van der Waals surface area contributed by atoms with Crippen molar-refractivity contribution in [3.05, 3.63) is 76.0 Å². The van der Waals surface area contributed by atoms with Crippen molar-refractivity contribution in [3.63, 3.8) is 0 Å². The molecule has 1 aromatic heterocycles. The second kappa shape index (κ2) is 11.8. The first kappa shape index (κ1) is 28.1. The van der Waals surface area contributed by atoms with Crippen LogP contribution in [0.25, 0.3) is 22.7 Å². The van der Waals surface area contributed by atoms with E-state index in [1.807, 2.05) is 0 Å². The Morgan fingerprint density at radius 1 is 0.905 bits per heavy atom. The van der Waals surface area contributed by atoms with E-state index in [2.05, 4.69) is 75.9 Å². The summed E-state index contributed by atoms with van der Waals surface area (Å²) in [6.07, 6.45) is 25.0. The predicted octanol–water partition coefficient (Wildman–Crippen LogP) is 4.85. The lowest BCUT2D eigenvalue weighted by Crippen LogP contribution is -2.69. The minimum Gasteiger partial charge on any atom is -0.758 e. The van der Waals surface area contributed by atoms with Crippen molar-refractivity contribution in [2.24, 2.45) is 11.3 Å². The van der Waals surface area contributed by atoms with Gasteiger partial charge in [-0.05, 0) is 114 Å². The Hall–Kier alpha value is -2.64. The molecule has 1 fully saturated rings. The van der Waals surface area contributed by atoms with Gasteiger partial charge < -0.3 is 30.6 Å². The molecule has 5 unspecified atom stereocenters. The fourth-order valence-electron chi connectivity index (χ4n) is 8.94. The number of H-pyrrole nitrogens is 1. The van der Waals surface area contributed by atoms with E-state index in [1.54, 1.807) is 0 Å². The molecule has 3 N–H and O–H groups in total. The summed E-state index contributed by atoms with van der Waals surface area (Å²) < 4.78 is 0. The molecule has 42 heavy (non-hydrogen) atoms. The summed E-state index contributed by atoms with van der Waals surface area (Å²) in [5, 5.41) is 35.3. The van der Waals surface area contributed by atoms with Crippen molar-refractivity contribution in [2.75, 3.05) is 32.7 Å². The van der Waals surface area contributed by atoms with Gasteiger partial charge in [-0.15, -0.1) is 0 Å². The Morgan fingerprint density at radius 2 is 1.69 bits per heavy atom. The first-order valence-electron chi connectivity index (χ1n) is 16.6. The summed E-state index contributed by atoms with van der Waals surface area (Å²) in [6.45, 7) is 4.36. The van der Waals surface area contributed by atoms with Crippen molar-refractivity contribution < 1.29 is 5.11 Å². The lowest BCUT2D eigenvalue weighted by molar-refractivity contribution is -0.0868.